The third kappa shape index (κ3) is 5.91. The first kappa shape index (κ1) is 19.5. The van der Waals surface area contributed by atoms with Crippen molar-refractivity contribution in [2.24, 2.45) is 4.99 Å². The van der Waals surface area contributed by atoms with E-state index in [9.17, 15) is 4.79 Å². The second kappa shape index (κ2) is 10.3. The van der Waals surface area contributed by atoms with Gasteiger partial charge in [0, 0.05) is 52.8 Å². The van der Waals surface area contributed by atoms with Crippen LogP contribution in [-0.4, -0.2) is 73.6 Å². The predicted molar refractivity (Wildman–Crippen MR) is 98.8 cm³/mol. The highest BCUT2D eigenvalue weighted by molar-refractivity contribution is 14.0. The standard InChI is InChI=1S/C15H28N4O2.HI/c1-3-16-15(17-7-6-14-5-4-12-21-14)19-10-8-18(9-11-19)13(2)20;/h14H,3-12H2,1-2H3,(H,16,17);1H. The van der Waals surface area contributed by atoms with Crippen molar-refractivity contribution in [3.8, 4) is 0 Å². The maximum atomic E-state index is 11.4. The molecule has 0 aromatic heterocycles. The van der Waals surface area contributed by atoms with Gasteiger partial charge in [-0.2, -0.15) is 0 Å². The van der Waals surface area contributed by atoms with Crippen LogP contribution < -0.4 is 5.32 Å². The number of carbonyl (C=O) groups excluding carboxylic acids is 1. The minimum Gasteiger partial charge on any atom is -0.378 e. The lowest BCUT2D eigenvalue weighted by Gasteiger charge is -2.36. The number of nitrogens with zero attached hydrogens (tertiary/aromatic N) is 3. The van der Waals surface area contributed by atoms with E-state index in [0.29, 0.717) is 6.10 Å². The van der Waals surface area contributed by atoms with E-state index in [0.717, 1.165) is 58.3 Å². The molecule has 6 nitrogen and oxygen atoms in total. The summed E-state index contributed by atoms with van der Waals surface area (Å²) < 4.78 is 5.63. The molecule has 2 fully saturated rings. The van der Waals surface area contributed by atoms with Crippen LogP contribution in [0.4, 0.5) is 0 Å². The van der Waals surface area contributed by atoms with Crippen molar-refractivity contribution in [2.75, 3.05) is 45.9 Å². The molecule has 1 N–H and O–H groups in total. The van der Waals surface area contributed by atoms with E-state index in [4.69, 9.17) is 9.73 Å². The molecular formula is C15H29IN4O2. The summed E-state index contributed by atoms with van der Waals surface area (Å²) in [6.45, 7) is 9.57. The van der Waals surface area contributed by atoms with Crippen LogP contribution >= 0.6 is 24.0 Å². The summed E-state index contributed by atoms with van der Waals surface area (Å²) in [6, 6.07) is 0. The number of amides is 1. The number of rotatable bonds is 4. The zero-order valence-electron chi connectivity index (χ0n) is 13.7. The van der Waals surface area contributed by atoms with Crippen LogP contribution in [-0.2, 0) is 9.53 Å². The van der Waals surface area contributed by atoms with E-state index < -0.39 is 0 Å². The van der Waals surface area contributed by atoms with Crippen molar-refractivity contribution in [1.82, 2.24) is 15.1 Å². The van der Waals surface area contributed by atoms with E-state index >= 15 is 0 Å². The van der Waals surface area contributed by atoms with E-state index in [-0.39, 0.29) is 29.9 Å². The Kier molecular flexibility index (Phi) is 9.08. The van der Waals surface area contributed by atoms with Crippen LogP contribution in [0, 0.1) is 0 Å². The first-order chi connectivity index (χ1) is 10.2. The van der Waals surface area contributed by atoms with Gasteiger partial charge in [0.25, 0.3) is 0 Å². The Labute approximate surface area is 150 Å². The van der Waals surface area contributed by atoms with Gasteiger partial charge in [0.2, 0.25) is 5.91 Å². The molecule has 0 aliphatic carbocycles. The normalized spacial score (nSPS) is 22.5. The Hall–Kier alpha value is -0.570. The van der Waals surface area contributed by atoms with Gasteiger partial charge in [0.15, 0.2) is 5.96 Å². The number of hydrogen-bond acceptors (Lipinski definition) is 3. The topological polar surface area (TPSA) is 57.2 Å². The van der Waals surface area contributed by atoms with Crippen LogP contribution in [0.5, 0.6) is 0 Å². The van der Waals surface area contributed by atoms with Crippen LogP contribution in [0.25, 0.3) is 0 Å². The molecule has 128 valence electrons. The molecule has 1 atom stereocenters. The second-order valence-corrected chi connectivity index (χ2v) is 5.65. The summed E-state index contributed by atoms with van der Waals surface area (Å²) in [5, 5.41) is 3.35. The third-order valence-corrected chi connectivity index (χ3v) is 4.10. The maximum absolute atomic E-state index is 11.4. The molecule has 7 heteroatoms. The highest BCUT2D eigenvalue weighted by Gasteiger charge is 2.21. The van der Waals surface area contributed by atoms with Crippen molar-refractivity contribution in [3.05, 3.63) is 0 Å². The average molecular weight is 424 g/mol. The first-order valence-corrected chi connectivity index (χ1v) is 8.11. The quantitative estimate of drug-likeness (QED) is 0.420. The molecule has 0 aromatic carbocycles. The number of halogens is 1. The number of piperazine rings is 1. The van der Waals surface area contributed by atoms with Gasteiger partial charge in [-0.15, -0.1) is 24.0 Å². The Balaban J connectivity index is 0.00000242. The van der Waals surface area contributed by atoms with Gasteiger partial charge in [-0.3, -0.25) is 9.79 Å². The SMILES string of the molecule is CCNC(=NCCC1CCCO1)N1CCN(C(C)=O)CC1.I. The molecular weight excluding hydrogens is 395 g/mol. The zero-order valence-corrected chi connectivity index (χ0v) is 16.0. The highest BCUT2D eigenvalue weighted by Crippen LogP contribution is 2.15. The van der Waals surface area contributed by atoms with Gasteiger partial charge in [0.05, 0.1) is 6.10 Å². The monoisotopic (exact) mass is 424 g/mol. The summed E-state index contributed by atoms with van der Waals surface area (Å²) in [4.78, 5) is 20.2. The van der Waals surface area contributed by atoms with Gasteiger partial charge in [-0.25, -0.2) is 0 Å². The summed E-state index contributed by atoms with van der Waals surface area (Å²) in [5.41, 5.74) is 0. The zero-order chi connectivity index (χ0) is 15.1. The van der Waals surface area contributed by atoms with Crippen LogP contribution in [0.2, 0.25) is 0 Å². The molecule has 2 saturated heterocycles. The van der Waals surface area contributed by atoms with Crippen molar-refractivity contribution >= 4 is 35.8 Å². The lowest BCUT2D eigenvalue weighted by Crippen LogP contribution is -2.53. The van der Waals surface area contributed by atoms with Crippen molar-refractivity contribution in [3.63, 3.8) is 0 Å². The number of hydrogen-bond donors (Lipinski definition) is 1. The lowest BCUT2D eigenvalue weighted by molar-refractivity contribution is -0.130. The molecule has 2 rings (SSSR count). The van der Waals surface area contributed by atoms with Gasteiger partial charge in [0.1, 0.15) is 0 Å². The first-order valence-electron chi connectivity index (χ1n) is 8.11. The molecule has 1 unspecified atom stereocenters. The second-order valence-electron chi connectivity index (χ2n) is 5.65. The highest BCUT2D eigenvalue weighted by atomic mass is 127. The van der Waals surface area contributed by atoms with E-state index in [1.54, 1.807) is 6.92 Å². The Bertz CT molecular complexity index is 365. The Morgan fingerprint density at radius 3 is 2.50 bits per heavy atom. The average Bonchev–Trinajstić information content (AvgIpc) is 3.00. The van der Waals surface area contributed by atoms with Gasteiger partial charge in [-0.1, -0.05) is 0 Å². The molecule has 2 aliphatic rings. The minimum absolute atomic E-state index is 0. The molecule has 0 saturated carbocycles. The number of guanidine groups is 1. The number of aliphatic imine (C=N–C) groups is 1. The molecule has 0 radical (unpaired) electrons. The molecule has 1 amide bonds. The molecule has 2 heterocycles. The number of nitrogens with one attached hydrogen (secondary N) is 1. The fourth-order valence-electron chi connectivity index (χ4n) is 2.85. The van der Waals surface area contributed by atoms with Crippen molar-refractivity contribution in [2.45, 2.75) is 39.2 Å². The third-order valence-electron chi connectivity index (χ3n) is 4.10. The van der Waals surface area contributed by atoms with Crippen molar-refractivity contribution in [1.29, 1.82) is 0 Å². The van der Waals surface area contributed by atoms with Crippen LogP contribution in [0.15, 0.2) is 4.99 Å². The molecule has 2 aliphatic heterocycles. The smallest absolute Gasteiger partial charge is 0.219 e. The number of carbonyl (C=O) groups is 1. The molecule has 0 aromatic rings. The van der Waals surface area contributed by atoms with E-state index in [1.165, 1.54) is 12.8 Å². The fraction of sp³-hybridized carbons (Fsp3) is 0.867. The van der Waals surface area contributed by atoms with E-state index in [2.05, 4.69) is 17.1 Å². The summed E-state index contributed by atoms with van der Waals surface area (Å²) in [6.07, 6.45) is 3.75. The van der Waals surface area contributed by atoms with Gasteiger partial charge in [-0.05, 0) is 26.2 Å². The minimum atomic E-state index is 0. The predicted octanol–water partition coefficient (Wildman–Crippen LogP) is 1.30. The summed E-state index contributed by atoms with van der Waals surface area (Å²) in [5.74, 6) is 1.13. The molecule has 22 heavy (non-hydrogen) atoms. The molecule has 0 spiro atoms. The number of ether oxygens (including phenoxy) is 1. The maximum Gasteiger partial charge on any atom is 0.219 e. The van der Waals surface area contributed by atoms with Crippen molar-refractivity contribution < 1.29 is 9.53 Å². The van der Waals surface area contributed by atoms with Crippen LogP contribution in [0.1, 0.15) is 33.1 Å². The largest absolute Gasteiger partial charge is 0.378 e. The van der Waals surface area contributed by atoms with Gasteiger partial charge < -0.3 is 19.9 Å². The Morgan fingerprint density at radius 1 is 1.27 bits per heavy atom. The molecule has 0 bridgehead atoms. The summed E-state index contributed by atoms with van der Waals surface area (Å²) >= 11 is 0. The van der Waals surface area contributed by atoms with E-state index in [1.807, 2.05) is 4.90 Å². The Morgan fingerprint density at radius 2 is 1.95 bits per heavy atom. The van der Waals surface area contributed by atoms with Crippen LogP contribution in [0.3, 0.4) is 0 Å². The fourth-order valence-corrected chi connectivity index (χ4v) is 2.85. The van der Waals surface area contributed by atoms with Gasteiger partial charge >= 0.3 is 0 Å². The lowest BCUT2D eigenvalue weighted by atomic mass is 10.2. The summed E-state index contributed by atoms with van der Waals surface area (Å²) in [7, 11) is 0.